The van der Waals surface area contributed by atoms with Crippen LogP contribution in [0.1, 0.15) is 20.3 Å². The molecule has 0 rings (SSSR count). The highest BCUT2D eigenvalue weighted by molar-refractivity contribution is 4.88. The van der Waals surface area contributed by atoms with E-state index in [0.29, 0.717) is 33.0 Å². The largest absolute Gasteiger partial charge is 0.496 e. The van der Waals surface area contributed by atoms with Crippen LogP contribution >= 0.6 is 0 Å². The average Bonchev–Trinajstić information content (AvgIpc) is 2.27. The van der Waals surface area contributed by atoms with Gasteiger partial charge in [0.05, 0.1) is 38.8 Å². The predicted molar refractivity (Wildman–Crippen MR) is 58.7 cm³/mol. The predicted octanol–water partition coefficient (Wildman–Crippen LogP) is 1.34. The fourth-order valence-corrected chi connectivity index (χ4v) is 1.01. The summed E-state index contributed by atoms with van der Waals surface area (Å²) in [6.07, 6.45) is 2.88. The summed E-state index contributed by atoms with van der Waals surface area (Å²) < 4.78 is 15.7. The van der Waals surface area contributed by atoms with Gasteiger partial charge in [-0.15, -0.1) is 0 Å². The Morgan fingerprint density at radius 1 is 1.07 bits per heavy atom. The number of aliphatic hydroxyl groups is 1. The van der Waals surface area contributed by atoms with Crippen molar-refractivity contribution < 1.29 is 19.3 Å². The molecule has 0 fully saturated rings. The minimum atomic E-state index is 0.0598. The molecule has 0 aliphatic heterocycles. The zero-order valence-electron chi connectivity index (χ0n) is 9.70. The zero-order chi connectivity index (χ0) is 11.4. The summed E-state index contributed by atoms with van der Waals surface area (Å²) in [5.41, 5.74) is 0. The second kappa shape index (κ2) is 11.5. The van der Waals surface area contributed by atoms with E-state index in [1.807, 2.05) is 13.0 Å². The van der Waals surface area contributed by atoms with Crippen molar-refractivity contribution in [1.29, 1.82) is 0 Å². The smallest absolute Gasteiger partial charge is 0.111 e. The number of rotatable bonds is 10. The van der Waals surface area contributed by atoms with Crippen LogP contribution in [0.2, 0.25) is 0 Å². The second-order valence-electron chi connectivity index (χ2n) is 2.91. The Morgan fingerprint density at radius 3 is 2.20 bits per heavy atom. The van der Waals surface area contributed by atoms with Crippen molar-refractivity contribution in [2.45, 2.75) is 20.3 Å². The molecular formula is C11H22O4. The number of aliphatic hydroxyl groups excluding tert-OH is 1. The standard InChI is InChI=1S/C11H22O4/c1-3-11(4-2)15-10-9-14-8-7-13-6-5-12/h3,12H,4-10H2,1-2H3. The van der Waals surface area contributed by atoms with Gasteiger partial charge in [-0.3, -0.25) is 0 Å². The Hall–Kier alpha value is -0.580. The molecule has 4 nitrogen and oxygen atoms in total. The summed E-state index contributed by atoms with van der Waals surface area (Å²) >= 11 is 0. The first-order valence-corrected chi connectivity index (χ1v) is 5.39. The van der Waals surface area contributed by atoms with Gasteiger partial charge in [-0.1, -0.05) is 6.92 Å². The second-order valence-corrected chi connectivity index (χ2v) is 2.91. The lowest BCUT2D eigenvalue weighted by molar-refractivity contribution is 0.0171. The zero-order valence-corrected chi connectivity index (χ0v) is 9.70. The van der Waals surface area contributed by atoms with Gasteiger partial charge in [-0.05, 0) is 13.0 Å². The Bertz CT molecular complexity index is 157. The van der Waals surface area contributed by atoms with Crippen LogP contribution in [0.3, 0.4) is 0 Å². The minimum absolute atomic E-state index is 0.0598. The molecule has 4 heteroatoms. The first kappa shape index (κ1) is 14.4. The molecule has 15 heavy (non-hydrogen) atoms. The third-order valence-electron chi connectivity index (χ3n) is 1.79. The molecule has 0 spiro atoms. The molecule has 0 heterocycles. The van der Waals surface area contributed by atoms with E-state index in [4.69, 9.17) is 19.3 Å². The molecular weight excluding hydrogens is 196 g/mol. The van der Waals surface area contributed by atoms with Crippen LogP contribution in [0.4, 0.5) is 0 Å². The van der Waals surface area contributed by atoms with Gasteiger partial charge in [-0.2, -0.15) is 0 Å². The third-order valence-corrected chi connectivity index (χ3v) is 1.79. The van der Waals surface area contributed by atoms with Crippen LogP contribution in [-0.4, -0.2) is 44.7 Å². The summed E-state index contributed by atoms with van der Waals surface area (Å²) in [5, 5.41) is 8.43. The Balaban J connectivity index is 3.11. The molecule has 0 aromatic heterocycles. The lowest BCUT2D eigenvalue weighted by Crippen LogP contribution is -2.10. The van der Waals surface area contributed by atoms with Crippen LogP contribution < -0.4 is 0 Å². The van der Waals surface area contributed by atoms with Crippen molar-refractivity contribution in [3.63, 3.8) is 0 Å². The van der Waals surface area contributed by atoms with Gasteiger partial charge >= 0.3 is 0 Å². The maximum Gasteiger partial charge on any atom is 0.111 e. The highest BCUT2D eigenvalue weighted by atomic mass is 16.5. The van der Waals surface area contributed by atoms with Crippen molar-refractivity contribution in [2.75, 3.05) is 39.6 Å². The van der Waals surface area contributed by atoms with Crippen LogP contribution in [0, 0.1) is 0 Å². The van der Waals surface area contributed by atoms with Crippen LogP contribution in [0.5, 0.6) is 0 Å². The third kappa shape index (κ3) is 9.72. The maximum atomic E-state index is 8.43. The monoisotopic (exact) mass is 218 g/mol. The Morgan fingerprint density at radius 2 is 1.67 bits per heavy atom. The van der Waals surface area contributed by atoms with Crippen molar-refractivity contribution in [3.05, 3.63) is 11.8 Å². The molecule has 1 N–H and O–H groups in total. The Kier molecular flexibility index (Phi) is 11.1. The van der Waals surface area contributed by atoms with E-state index in [2.05, 4.69) is 6.92 Å². The van der Waals surface area contributed by atoms with Gasteiger partial charge in [-0.25, -0.2) is 0 Å². The average molecular weight is 218 g/mol. The first-order valence-electron chi connectivity index (χ1n) is 5.39. The van der Waals surface area contributed by atoms with Crippen molar-refractivity contribution in [2.24, 2.45) is 0 Å². The molecule has 0 bridgehead atoms. The summed E-state index contributed by atoms with van der Waals surface area (Å²) in [6, 6.07) is 0. The SMILES string of the molecule is CC=C(CC)OCCOCCOCCO. The van der Waals surface area contributed by atoms with Crippen LogP contribution in [-0.2, 0) is 14.2 Å². The molecule has 0 atom stereocenters. The summed E-state index contributed by atoms with van der Waals surface area (Å²) in [7, 11) is 0. The first-order chi connectivity index (χ1) is 7.35. The highest BCUT2D eigenvalue weighted by Gasteiger charge is 1.93. The van der Waals surface area contributed by atoms with Crippen LogP contribution in [0.25, 0.3) is 0 Å². The molecule has 0 aromatic carbocycles. The van der Waals surface area contributed by atoms with E-state index in [0.717, 1.165) is 12.2 Å². The number of allylic oxidation sites excluding steroid dienone is 2. The fraction of sp³-hybridized carbons (Fsp3) is 0.818. The number of hydrogen-bond donors (Lipinski definition) is 1. The molecule has 0 radical (unpaired) electrons. The van der Waals surface area contributed by atoms with Crippen molar-refractivity contribution in [1.82, 2.24) is 0 Å². The fourth-order valence-electron chi connectivity index (χ4n) is 1.01. The summed E-state index contributed by atoms with van der Waals surface area (Å²) in [6.45, 7) is 6.66. The maximum absolute atomic E-state index is 8.43. The minimum Gasteiger partial charge on any atom is -0.496 e. The highest BCUT2D eigenvalue weighted by Crippen LogP contribution is 2.01. The molecule has 0 saturated heterocycles. The van der Waals surface area contributed by atoms with E-state index in [-0.39, 0.29) is 6.61 Å². The van der Waals surface area contributed by atoms with E-state index in [1.54, 1.807) is 0 Å². The van der Waals surface area contributed by atoms with Crippen molar-refractivity contribution in [3.8, 4) is 0 Å². The molecule has 90 valence electrons. The van der Waals surface area contributed by atoms with E-state index in [9.17, 15) is 0 Å². The van der Waals surface area contributed by atoms with Crippen molar-refractivity contribution >= 4 is 0 Å². The molecule has 0 unspecified atom stereocenters. The number of hydrogen-bond acceptors (Lipinski definition) is 4. The van der Waals surface area contributed by atoms with Gasteiger partial charge in [0.25, 0.3) is 0 Å². The van der Waals surface area contributed by atoms with E-state index >= 15 is 0 Å². The van der Waals surface area contributed by atoms with Gasteiger partial charge in [0.2, 0.25) is 0 Å². The van der Waals surface area contributed by atoms with Crippen LogP contribution in [0.15, 0.2) is 11.8 Å². The van der Waals surface area contributed by atoms with E-state index < -0.39 is 0 Å². The topological polar surface area (TPSA) is 47.9 Å². The molecule has 0 aromatic rings. The molecule has 0 aliphatic rings. The summed E-state index contributed by atoms with van der Waals surface area (Å²) in [5.74, 6) is 0.995. The number of ether oxygens (including phenoxy) is 3. The molecule has 0 aliphatic carbocycles. The van der Waals surface area contributed by atoms with Gasteiger partial charge < -0.3 is 19.3 Å². The van der Waals surface area contributed by atoms with Gasteiger partial charge in [0.1, 0.15) is 6.61 Å². The lowest BCUT2D eigenvalue weighted by atomic mass is 10.4. The quantitative estimate of drug-likeness (QED) is 0.444. The lowest BCUT2D eigenvalue weighted by Gasteiger charge is -2.08. The summed E-state index contributed by atoms with van der Waals surface area (Å²) in [4.78, 5) is 0. The molecule has 0 saturated carbocycles. The molecule has 0 amide bonds. The normalized spacial score (nSPS) is 11.8. The van der Waals surface area contributed by atoms with E-state index in [1.165, 1.54) is 0 Å². The Labute approximate surface area is 91.8 Å². The van der Waals surface area contributed by atoms with Gasteiger partial charge in [0.15, 0.2) is 0 Å². The van der Waals surface area contributed by atoms with Gasteiger partial charge in [0, 0.05) is 6.42 Å².